The molecule has 1 aromatic carbocycles. The molecule has 0 N–H and O–H groups in total. The fourth-order valence-electron chi connectivity index (χ4n) is 3.24. The number of aromatic nitrogens is 3. The molecule has 0 atom stereocenters. The van der Waals surface area contributed by atoms with Gasteiger partial charge in [-0.15, -0.1) is 0 Å². The van der Waals surface area contributed by atoms with Crippen molar-refractivity contribution in [2.75, 3.05) is 14.1 Å². The van der Waals surface area contributed by atoms with Gasteiger partial charge in [0.1, 0.15) is 0 Å². The van der Waals surface area contributed by atoms with Gasteiger partial charge in [-0.05, 0) is 50.6 Å². The minimum atomic E-state index is 0.586. The van der Waals surface area contributed by atoms with E-state index < -0.39 is 0 Å². The van der Waals surface area contributed by atoms with Gasteiger partial charge < -0.3 is 9.42 Å². The van der Waals surface area contributed by atoms with Gasteiger partial charge >= 0.3 is 0 Å². The van der Waals surface area contributed by atoms with Crippen LogP contribution in [0.5, 0.6) is 0 Å². The number of benzene rings is 1. The van der Waals surface area contributed by atoms with Crippen LogP contribution >= 0.6 is 0 Å². The molecule has 2 heterocycles. The second kappa shape index (κ2) is 6.17. The number of aryl methyl sites for hydroxylation is 1. The zero-order valence-electron chi connectivity index (χ0n) is 14.0. The summed E-state index contributed by atoms with van der Waals surface area (Å²) in [5.41, 5.74) is 5.69. The number of hydrogen-bond donors (Lipinski definition) is 0. The molecule has 0 aliphatic heterocycles. The Morgan fingerprint density at radius 1 is 1.08 bits per heavy atom. The van der Waals surface area contributed by atoms with Crippen molar-refractivity contribution >= 4 is 0 Å². The number of fused-ring (bicyclic) bond motifs is 1. The molecule has 5 nitrogen and oxygen atoms in total. The highest BCUT2D eigenvalue weighted by Crippen LogP contribution is 2.31. The summed E-state index contributed by atoms with van der Waals surface area (Å²) in [5, 5.41) is 4.16. The molecule has 4 rings (SSSR count). The normalized spacial score (nSPS) is 13.5. The van der Waals surface area contributed by atoms with Crippen LogP contribution < -0.4 is 0 Å². The van der Waals surface area contributed by atoms with Crippen LogP contribution in [0, 0.1) is 0 Å². The highest BCUT2D eigenvalue weighted by molar-refractivity contribution is 5.63. The second-order valence-electron chi connectivity index (χ2n) is 6.50. The van der Waals surface area contributed by atoms with Crippen molar-refractivity contribution in [3.8, 4) is 22.8 Å². The second-order valence-corrected chi connectivity index (χ2v) is 6.50. The molecular formula is C19H20N4O. The average molecular weight is 320 g/mol. The summed E-state index contributed by atoms with van der Waals surface area (Å²) in [7, 11) is 4.12. The van der Waals surface area contributed by atoms with Crippen molar-refractivity contribution in [2.24, 2.45) is 0 Å². The number of nitrogens with zero attached hydrogens (tertiary/aromatic N) is 4. The van der Waals surface area contributed by atoms with Crippen LogP contribution in [0.1, 0.15) is 23.2 Å². The Hall–Kier alpha value is -2.53. The third kappa shape index (κ3) is 2.83. The molecule has 24 heavy (non-hydrogen) atoms. The van der Waals surface area contributed by atoms with E-state index in [1.807, 2.05) is 24.4 Å². The van der Waals surface area contributed by atoms with Crippen LogP contribution in [0.4, 0.5) is 0 Å². The molecule has 122 valence electrons. The molecule has 0 spiro atoms. The van der Waals surface area contributed by atoms with Gasteiger partial charge in [0.25, 0.3) is 5.89 Å². The van der Waals surface area contributed by atoms with E-state index in [0.717, 1.165) is 36.9 Å². The molecule has 0 unspecified atom stereocenters. The van der Waals surface area contributed by atoms with Gasteiger partial charge in [-0.2, -0.15) is 4.98 Å². The van der Waals surface area contributed by atoms with Crippen molar-refractivity contribution < 1.29 is 4.52 Å². The Bertz CT molecular complexity index is 852. The first-order valence-electron chi connectivity index (χ1n) is 8.25. The summed E-state index contributed by atoms with van der Waals surface area (Å²) in [6, 6.07) is 10.3. The molecule has 5 heteroatoms. The summed E-state index contributed by atoms with van der Waals surface area (Å²) in [6.07, 6.45) is 5.06. The number of pyridine rings is 1. The third-order valence-corrected chi connectivity index (χ3v) is 4.35. The van der Waals surface area contributed by atoms with Crippen molar-refractivity contribution in [3.63, 3.8) is 0 Å². The zero-order chi connectivity index (χ0) is 16.5. The lowest BCUT2D eigenvalue weighted by Gasteiger charge is -2.09. The largest absolute Gasteiger partial charge is 0.334 e. The van der Waals surface area contributed by atoms with E-state index in [-0.39, 0.29) is 0 Å². The van der Waals surface area contributed by atoms with E-state index in [9.17, 15) is 0 Å². The zero-order valence-corrected chi connectivity index (χ0v) is 14.0. The fraction of sp³-hybridized carbons (Fsp3) is 0.316. The molecule has 0 saturated carbocycles. The Morgan fingerprint density at radius 2 is 1.92 bits per heavy atom. The summed E-state index contributed by atoms with van der Waals surface area (Å²) >= 11 is 0. The Labute approximate surface area is 141 Å². The maximum Gasteiger partial charge on any atom is 0.258 e. The van der Waals surface area contributed by atoms with Gasteiger partial charge in [-0.3, -0.25) is 4.98 Å². The van der Waals surface area contributed by atoms with Crippen molar-refractivity contribution in [3.05, 3.63) is 53.3 Å². The first kappa shape index (κ1) is 15.0. The van der Waals surface area contributed by atoms with Crippen LogP contribution in [0.2, 0.25) is 0 Å². The smallest absolute Gasteiger partial charge is 0.258 e. The van der Waals surface area contributed by atoms with Gasteiger partial charge in [0, 0.05) is 29.6 Å². The van der Waals surface area contributed by atoms with Crippen molar-refractivity contribution in [1.29, 1.82) is 0 Å². The maximum absolute atomic E-state index is 5.53. The molecule has 0 amide bonds. The Kier molecular flexibility index (Phi) is 3.86. The van der Waals surface area contributed by atoms with E-state index >= 15 is 0 Å². The fourth-order valence-corrected chi connectivity index (χ4v) is 3.24. The molecule has 0 fully saturated rings. The predicted octanol–water partition coefficient (Wildman–Crippen LogP) is 3.35. The van der Waals surface area contributed by atoms with Gasteiger partial charge in [-0.25, -0.2) is 0 Å². The van der Waals surface area contributed by atoms with E-state index in [2.05, 4.69) is 46.3 Å². The Balaban J connectivity index is 1.63. The molecular weight excluding hydrogens is 300 g/mol. The summed E-state index contributed by atoms with van der Waals surface area (Å²) < 4.78 is 5.53. The monoisotopic (exact) mass is 320 g/mol. The minimum absolute atomic E-state index is 0.586. The van der Waals surface area contributed by atoms with Gasteiger partial charge in [0.2, 0.25) is 5.82 Å². The lowest BCUT2D eigenvalue weighted by molar-refractivity contribution is 0.402. The lowest BCUT2D eigenvalue weighted by Crippen LogP contribution is -2.10. The number of hydrogen-bond acceptors (Lipinski definition) is 5. The maximum atomic E-state index is 5.53. The van der Waals surface area contributed by atoms with Crippen LogP contribution in [-0.2, 0) is 19.4 Å². The molecule has 2 aromatic heterocycles. The molecule has 1 aliphatic carbocycles. The molecule has 0 radical (unpaired) electrons. The van der Waals surface area contributed by atoms with E-state index in [0.29, 0.717) is 11.7 Å². The molecule has 3 aromatic rings. The van der Waals surface area contributed by atoms with E-state index in [1.165, 1.54) is 16.8 Å². The summed E-state index contributed by atoms with van der Waals surface area (Å²) in [4.78, 5) is 11.2. The van der Waals surface area contributed by atoms with Crippen molar-refractivity contribution in [1.82, 2.24) is 20.0 Å². The number of rotatable bonds is 4. The highest BCUT2D eigenvalue weighted by atomic mass is 16.5. The van der Waals surface area contributed by atoms with Gasteiger partial charge in [-0.1, -0.05) is 29.4 Å². The molecule has 0 bridgehead atoms. The van der Waals surface area contributed by atoms with Crippen LogP contribution in [-0.4, -0.2) is 34.1 Å². The average Bonchev–Trinajstić information content (AvgIpc) is 3.24. The molecule has 0 saturated heterocycles. The SMILES string of the molecule is CN(C)Cc1ccc(-c2noc(-c3ccnc4c3CCC4)n2)cc1. The van der Waals surface area contributed by atoms with E-state index in [1.54, 1.807) is 0 Å². The minimum Gasteiger partial charge on any atom is -0.334 e. The standard InChI is InChI=1S/C19H20N4O/c1-23(2)12-13-6-8-14(9-7-13)18-21-19(24-22-18)16-10-11-20-17-5-3-4-15(16)17/h6-11H,3-5,12H2,1-2H3. The first-order valence-corrected chi connectivity index (χ1v) is 8.25. The van der Waals surface area contributed by atoms with Crippen LogP contribution in [0.3, 0.4) is 0 Å². The lowest BCUT2D eigenvalue weighted by atomic mass is 10.1. The van der Waals surface area contributed by atoms with Gasteiger partial charge in [0.05, 0.1) is 0 Å². The predicted molar refractivity (Wildman–Crippen MR) is 92.4 cm³/mol. The summed E-state index contributed by atoms with van der Waals surface area (Å²) in [5.74, 6) is 1.22. The first-order chi connectivity index (χ1) is 11.7. The quantitative estimate of drug-likeness (QED) is 0.738. The van der Waals surface area contributed by atoms with E-state index in [4.69, 9.17) is 4.52 Å². The van der Waals surface area contributed by atoms with Crippen molar-refractivity contribution in [2.45, 2.75) is 25.8 Å². The van der Waals surface area contributed by atoms with Crippen LogP contribution in [0.25, 0.3) is 22.8 Å². The topological polar surface area (TPSA) is 55.1 Å². The Morgan fingerprint density at radius 3 is 2.71 bits per heavy atom. The van der Waals surface area contributed by atoms with Crippen LogP contribution in [0.15, 0.2) is 41.1 Å². The van der Waals surface area contributed by atoms with Gasteiger partial charge in [0.15, 0.2) is 0 Å². The molecule has 1 aliphatic rings. The third-order valence-electron chi connectivity index (χ3n) is 4.35. The summed E-state index contributed by atoms with van der Waals surface area (Å²) in [6.45, 7) is 0.918. The highest BCUT2D eigenvalue weighted by Gasteiger charge is 2.20.